The Bertz CT molecular complexity index is 626. The standard InChI is InChI=1S/C16H15BrFNO2/c17-13-7-2-8-14(18)15(13)16(21)19-12-6-1-4-11(10-12)5-3-9-20/h1-2,4,6-8,10,20H,3,5,9H2,(H,19,21). The SMILES string of the molecule is O=C(Nc1cccc(CCCO)c1)c1c(F)cccc1Br. The first-order valence-corrected chi connectivity index (χ1v) is 7.36. The van der Waals surface area contributed by atoms with E-state index >= 15 is 0 Å². The maximum atomic E-state index is 13.7. The molecule has 5 heteroatoms. The van der Waals surface area contributed by atoms with Gasteiger partial charge in [-0.2, -0.15) is 0 Å². The highest BCUT2D eigenvalue weighted by Gasteiger charge is 2.15. The number of aliphatic hydroxyl groups excluding tert-OH is 1. The van der Waals surface area contributed by atoms with Gasteiger partial charge in [-0.05, 0) is 58.6 Å². The van der Waals surface area contributed by atoms with Gasteiger partial charge in [-0.1, -0.05) is 18.2 Å². The Morgan fingerprint density at radius 3 is 2.71 bits per heavy atom. The van der Waals surface area contributed by atoms with Crippen molar-refractivity contribution in [3.8, 4) is 0 Å². The number of aryl methyl sites for hydroxylation is 1. The van der Waals surface area contributed by atoms with Crippen molar-refractivity contribution in [3.05, 3.63) is 63.9 Å². The molecule has 0 unspecified atom stereocenters. The molecule has 0 aliphatic heterocycles. The Kier molecular flexibility index (Phi) is 5.47. The van der Waals surface area contributed by atoms with Crippen molar-refractivity contribution in [2.24, 2.45) is 0 Å². The van der Waals surface area contributed by atoms with Crippen LogP contribution in [-0.4, -0.2) is 17.6 Å². The molecule has 110 valence electrons. The van der Waals surface area contributed by atoms with Crippen LogP contribution < -0.4 is 5.32 Å². The lowest BCUT2D eigenvalue weighted by molar-refractivity contribution is 0.102. The van der Waals surface area contributed by atoms with Crippen LogP contribution in [0.15, 0.2) is 46.9 Å². The lowest BCUT2D eigenvalue weighted by Gasteiger charge is -2.09. The zero-order chi connectivity index (χ0) is 15.2. The Balaban J connectivity index is 2.16. The number of hydrogen-bond donors (Lipinski definition) is 2. The molecule has 0 fully saturated rings. The summed E-state index contributed by atoms with van der Waals surface area (Å²) < 4.78 is 14.1. The number of benzene rings is 2. The molecule has 1 amide bonds. The third-order valence-electron chi connectivity index (χ3n) is 3.00. The van der Waals surface area contributed by atoms with Crippen LogP contribution in [0.5, 0.6) is 0 Å². The minimum absolute atomic E-state index is 0.0155. The molecule has 0 saturated carbocycles. The van der Waals surface area contributed by atoms with Gasteiger partial charge in [0.15, 0.2) is 0 Å². The first-order valence-electron chi connectivity index (χ1n) is 6.57. The van der Waals surface area contributed by atoms with Crippen molar-refractivity contribution in [2.75, 3.05) is 11.9 Å². The van der Waals surface area contributed by atoms with E-state index in [1.807, 2.05) is 18.2 Å². The molecule has 0 spiro atoms. The molecule has 0 atom stereocenters. The summed E-state index contributed by atoms with van der Waals surface area (Å²) in [7, 11) is 0. The zero-order valence-corrected chi connectivity index (χ0v) is 12.9. The highest BCUT2D eigenvalue weighted by Crippen LogP contribution is 2.21. The van der Waals surface area contributed by atoms with Gasteiger partial charge >= 0.3 is 0 Å². The van der Waals surface area contributed by atoms with Crippen LogP contribution in [0, 0.1) is 5.82 Å². The summed E-state index contributed by atoms with van der Waals surface area (Å²) in [6.45, 7) is 0.124. The second-order valence-corrected chi connectivity index (χ2v) is 5.43. The van der Waals surface area contributed by atoms with E-state index in [1.54, 1.807) is 12.1 Å². The molecule has 0 radical (unpaired) electrons. The van der Waals surface area contributed by atoms with E-state index in [9.17, 15) is 9.18 Å². The highest BCUT2D eigenvalue weighted by atomic mass is 79.9. The molecule has 0 aliphatic carbocycles. The van der Waals surface area contributed by atoms with Crippen molar-refractivity contribution in [2.45, 2.75) is 12.8 Å². The van der Waals surface area contributed by atoms with Gasteiger partial charge in [0, 0.05) is 16.8 Å². The lowest BCUT2D eigenvalue weighted by atomic mass is 10.1. The van der Waals surface area contributed by atoms with Crippen LogP contribution in [0.3, 0.4) is 0 Å². The fraction of sp³-hybridized carbons (Fsp3) is 0.188. The summed E-state index contributed by atoms with van der Waals surface area (Å²) in [6, 6.07) is 11.7. The molecule has 0 heterocycles. The first kappa shape index (κ1) is 15.7. The summed E-state index contributed by atoms with van der Waals surface area (Å²) >= 11 is 3.18. The molecular formula is C16H15BrFNO2. The van der Waals surface area contributed by atoms with Crippen molar-refractivity contribution >= 4 is 27.5 Å². The fourth-order valence-corrected chi connectivity index (χ4v) is 2.52. The zero-order valence-electron chi connectivity index (χ0n) is 11.3. The van der Waals surface area contributed by atoms with Crippen LogP contribution in [0.2, 0.25) is 0 Å². The number of hydrogen-bond acceptors (Lipinski definition) is 2. The topological polar surface area (TPSA) is 49.3 Å². The normalized spacial score (nSPS) is 10.4. The van der Waals surface area contributed by atoms with E-state index in [1.165, 1.54) is 12.1 Å². The van der Waals surface area contributed by atoms with E-state index in [4.69, 9.17) is 5.11 Å². The average molecular weight is 352 g/mol. The third-order valence-corrected chi connectivity index (χ3v) is 3.66. The lowest BCUT2D eigenvalue weighted by Crippen LogP contribution is -2.14. The van der Waals surface area contributed by atoms with Gasteiger partial charge in [-0.15, -0.1) is 0 Å². The smallest absolute Gasteiger partial charge is 0.259 e. The molecule has 2 aromatic rings. The molecule has 2 rings (SSSR count). The summed E-state index contributed by atoms with van der Waals surface area (Å²) in [4.78, 5) is 12.2. The molecule has 2 aromatic carbocycles. The largest absolute Gasteiger partial charge is 0.396 e. The van der Waals surface area contributed by atoms with Crippen LogP contribution in [-0.2, 0) is 6.42 Å². The number of amides is 1. The van der Waals surface area contributed by atoms with Gasteiger partial charge in [-0.3, -0.25) is 4.79 Å². The Labute approximate surface area is 130 Å². The Morgan fingerprint density at radius 2 is 2.00 bits per heavy atom. The van der Waals surface area contributed by atoms with Gasteiger partial charge in [0.1, 0.15) is 5.82 Å². The summed E-state index contributed by atoms with van der Waals surface area (Å²) in [5.41, 5.74) is 1.60. The maximum absolute atomic E-state index is 13.7. The number of halogens is 2. The van der Waals surface area contributed by atoms with Crippen molar-refractivity contribution in [1.29, 1.82) is 0 Å². The van der Waals surface area contributed by atoms with Crippen molar-refractivity contribution in [1.82, 2.24) is 0 Å². The summed E-state index contributed by atoms with van der Waals surface area (Å²) in [5, 5.41) is 11.5. The fourth-order valence-electron chi connectivity index (χ4n) is 2.00. The molecule has 0 bridgehead atoms. The van der Waals surface area contributed by atoms with E-state index in [0.29, 0.717) is 16.6 Å². The van der Waals surface area contributed by atoms with Gasteiger partial charge in [0.25, 0.3) is 5.91 Å². The third kappa shape index (κ3) is 4.12. The van der Waals surface area contributed by atoms with E-state index < -0.39 is 11.7 Å². The van der Waals surface area contributed by atoms with Crippen molar-refractivity contribution in [3.63, 3.8) is 0 Å². The van der Waals surface area contributed by atoms with Crippen LogP contribution in [0.1, 0.15) is 22.3 Å². The quantitative estimate of drug-likeness (QED) is 0.861. The number of carbonyl (C=O) groups excluding carboxylic acids is 1. The predicted molar refractivity (Wildman–Crippen MR) is 83.9 cm³/mol. The van der Waals surface area contributed by atoms with Crippen LogP contribution in [0.4, 0.5) is 10.1 Å². The highest BCUT2D eigenvalue weighted by molar-refractivity contribution is 9.10. The number of nitrogens with one attached hydrogen (secondary N) is 1. The second-order valence-electron chi connectivity index (χ2n) is 4.58. The minimum atomic E-state index is -0.571. The predicted octanol–water partition coefficient (Wildman–Crippen LogP) is 3.77. The van der Waals surface area contributed by atoms with Gasteiger partial charge in [-0.25, -0.2) is 4.39 Å². The summed E-state index contributed by atoms with van der Waals surface area (Å²) in [6.07, 6.45) is 1.39. The molecule has 2 N–H and O–H groups in total. The molecule has 21 heavy (non-hydrogen) atoms. The van der Waals surface area contributed by atoms with Crippen LogP contribution in [0.25, 0.3) is 0 Å². The molecular weight excluding hydrogens is 337 g/mol. The van der Waals surface area contributed by atoms with Gasteiger partial charge in [0.05, 0.1) is 5.56 Å². The van der Waals surface area contributed by atoms with E-state index in [2.05, 4.69) is 21.2 Å². The Morgan fingerprint density at radius 1 is 1.24 bits per heavy atom. The van der Waals surface area contributed by atoms with Crippen LogP contribution >= 0.6 is 15.9 Å². The summed E-state index contributed by atoms with van der Waals surface area (Å²) in [5.74, 6) is -1.07. The molecule has 0 aromatic heterocycles. The second kappa shape index (κ2) is 7.33. The van der Waals surface area contributed by atoms with E-state index in [0.717, 1.165) is 12.0 Å². The van der Waals surface area contributed by atoms with E-state index in [-0.39, 0.29) is 12.2 Å². The monoisotopic (exact) mass is 351 g/mol. The van der Waals surface area contributed by atoms with Gasteiger partial charge < -0.3 is 10.4 Å². The Hall–Kier alpha value is -1.72. The maximum Gasteiger partial charge on any atom is 0.259 e. The number of anilines is 1. The number of carbonyl (C=O) groups is 1. The molecule has 0 saturated heterocycles. The minimum Gasteiger partial charge on any atom is -0.396 e. The number of rotatable bonds is 5. The van der Waals surface area contributed by atoms with Crippen molar-refractivity contribution < 1.29 is 14.3 Å². The first-order chi connectivity index (χ1) is 10.1. The average Bonchev–Trinajstić information content (AvgIpc) is 2.45. The molecule has 3 nitrogen and oxygen atoms in total. The molecule has 0 aliphatic rings. The van der Waals surface area contributed by atoms with Gasteiger partial charge in [0.2, 0.25) is 0 Å². The number of aliphatic hydroxyl groups is 1.